The molecule has 0 saturated carbocycles. The second-order valence-electron chi connectivity index (χ2n) is 23.9. The first-order valence-corrected chi connectivity index (χ1v) is 34.1. The third-order valence-electron chi connectivity index (χ3n) is 16.5. The van der Waals surface area contributed by atoms with E-state index < -0.39 is 36.9 Å². The van der Waals surface area contributed by atoms with Gasteiger partial charge in [0, 0.05) is 0 Å². The van der Waals surface area contributed by atoms with Crippen molar-refractivity contribution in [3.63, 3.8) is 0 Å². The normalized spacial score (nSPS) is 13.5. The largest absolute Gasteiger partial charge is 0.394 e. The van der Waals surface area contributed by atoms with Crippen molar-refractivity contribution in [1.82, 2.24) is 5.32 Å². The molecule has 442 valence electrons. The lowest BCUT2D eigenvalue weighted by atomic mass is 9.99. The number of hydrogen-bond acceptors (Lipinski definition) is 5. The molecule has 0 aromatic rings. The minimum absolute atomic E-state index is 0.373. The number of carbonyl (C=O) groups is 1. The fourth-order valence-electron chi connectivity index (χ4n) is 11.2. The SMILES string of the molecule is CCCCCCCCCCCCCC/C=C\CCCCCCCCCCCCCCCCC(O)C(=O)NC(CO)C(O)C(O)CCCCCCCCCCCCCCCCCCCCCCCCCCCCCC. The highest BCUT2D eigenvalue weighted by Crippen LogP contribution is 2.20. The Balaban J connectivity index is 3.53. The topological polar surface area (TPSA) is 110 Å². The van der Waals surface area contributed by atoms with Crippen LogP contribution in [0.15, 0.2) is 12.2 Å². The van der Waals surface area contributed by atoms with Gasteiger partial charge in [0.05, 0.1) is 18.8 Å². The highest BCUT2D eigenvalue weighted by atomic mass is 16.3. The highest BCUT2D eigenvalue weighted by molar-refractivity contribution is 5.80. The monoisotopic (exact) mass is 1050 g/mol. The van der Waals surface area contributed by atoms with Crippen LogP contribution < -0.4 is 5.32 Å². The van der Waals surface area contributed by atoms with E-state index in [9.17, 15) is 25.2 Å². The van der Waals surface area contributed by atoms with Gasteiger partial charge < -0.3 is 25.7 Å². The number of hydrogen-bond donors (Lipinski definition) is 5. The minimum atomic E-state index is -1.26. The number of nitrogens with one attached hydrogen (secondary N) is 1. The van der Waals surface area contributed by atoms with Crippen molar-refractivity contribution >= 4 is 5.91 Å². The molecule has 0 aromatic heterocycles. The number of carbonyl (C=O) groups excluding carboxylic acids is 1. The standard InChI is InChI=1S/C68H135NO5/c1-3-5-7-9-11-13-15-17-19-21-23-25-27-29-31-33-34-36-38-40-42-44-46-48-50-52-54-56-58-60-62-66(72)68(74)69-64(63-70)67(73)65(71)61-59-57-55-53-51-49-47-45-43-41-39-37-35-32-30-28-26-24-22-20-18-16-14-12-10-8-6-4-2/h29,31,64-67,70-73H,3-28,30,32-63H2,1-2H3,(H,69,74)/b31-29-. The average Bonchev–Trinajstić information content (AvgIpc) is 3.41. The number of aliphatic hydroxyl groups excluding tert-OH is 4. The van der Waals surface area contributed by atoms with E-state index >= 15 is 0 Å². The van der Waals surface area contributed by atoms with Crippen molar-refractivity contribution in [3.05, 3.63) is 12.2 Å². The molecular weight excluding hydrogens is 911 g/mol. The van der Waals surface area contributed by atoms with E-state index in [0.29, 0.717) is 12.8 Å². The van der Waals surface area contributed by atoms with Crippen LogP contribution in [-0.2, 0) is 4.79 Å². The highest BCUT2D eigenvalue weighted by Gasteiger charge is 2.28. The maximum absolute atomic E-state index is 12.7. The quantitative estimate of drug-likeness (QED) is 0.0308. The first kappa shape index (κ1) is 73.0. The Morgan fingerprint density at radius 3 is 0.784 bits per heavy atom. The van der Waals surface area contributed by atoms with Crippen molar-refractivity contribution in [2.75, 3.05) is 6.61 Å². The smallest absolute Gasteiger partial charge is 0.249 e. The summed E-state index contributed by atoms with van der Waals surface area (Å²) in [6.45, 7) is 4.11. The summed E-state index contributed by atoms with van der Waals surface area (Å²) < 4.78 is 0. The van der Waals surface area contributed by atoms with Gasteiger partial charge in [-0.15, -0.1) is 0 Å². The van der Waals surface area contributed by atoms with Crippen LogP contribution in [-0.4, -0.2) is 57.3 Å². The second kappa shape index (κ2) is 62.9. The molecular formula is C68H135NO5. The van der Waals surface area contributed by atoms with Gasteiger partial charge >= 0.3 is 0 Å². The number of aliphatic hydroxyl groups is 4. The summed E-state index contributed by atoms with van der Waals surface area (Å²) in [4.78, 5) is 12.7. The van der Waals surface area contributed by atoms with Crippen LogP contribution in [0.4, 0.5) is 0 Å². The zero-order valence-electron chi connectivity index (χ0n) is 50.4. The van der Waals surface area contributed by atoms with E-state index in [1.807, 2.05) is 0 Å². The Hall–Kier alpha value is -0.950. The number of unbranched alkanes of at least 4 members (excludes halogenated alkanes) is 53. The zero-order valence-corrected chi connectivity index (χ0v) is 50.4. The van der Waals surface area contributed by atoms with Crippen molar-refractivity contribution < 1.29 is 25.2 Å². The molecule has 0 aliphatic heterocycles. The minimum Gasteiger partial charge on any atom is -0.394 e. The van der Waals surface area contributed by atoms with Crippen molar-refractivity contribution in [2.24, 2.45) is 0 Å². The van der Waals surface area contributed by atoms with Crippen LogP contribution >= 0.6 is 0 Å². The molecule has 0 rings (SSSR count). The van der Waals surface area contributed by atoms with E-state index in [1.54, 1.807) is 0 Å². The molecule has 0 radical (unpaired) electrons. The summed E-state index contributed by atoms with van der Waals surface area (Å²) in [5.74, 6) is -0.576. The molecule has 4 atom stereocenters. The molecule has 1 amide bonds. The summed E-state index contributed by atoms with van der Waals surface area (Å²) in [7, 11) is 0. The lowest BCUT2D eigenvalue weighted by Gasteiger charge is -2.27. The summed E-state index contributed by atoms with van der Waals surface area (Å²) >= 11 is 0. The first-order chi connectivity index (χ1) is 36.5. The molecule has 0 heterocycles. The Labute approximate surface area is 463 Å². The first-order valence-electron chi connectivity index (χ1n) is 34.1. The van der Waals surface area contributed by atoms with Gasteiger partial charge in [0.15, 0.2) is 0 Å². The van der Waals surface area contributed by atoms with Crippen molar-refractivity contribution in [2.45, 2.75) is 411 Å². The number of allylic oxidation sites excluding steroid dienone is 2. The van der Waals surface area contributed by atoms with Gasteiger partial charge in [-0.1, -0.05) is 360 Å². The van der Waals surface area contributed by atoms with Crippen molar-refractivity contribution in [3.8, 4) is 0 Å². The van der Waals surface area contributed by atoms with Gasteiger partial charge in [-0.2, -0.15) is 0 Å². The third kappa shape index (κ3) is 55.8. The summed E-state index contributed by atoms with van der Waals surface area (Å²) in [6.07, 6.45) is 77.6. The van der Waals surface area contributed by atoms with Gasteiger partial charge in [-0.25, -0.2) is 0 Å². The van der Waals surface area contributed by atoms with Gasteiger partial charge in [-0.05, 0) is 38.5 Å². The molecule has 0 saturated heterocycles. The molecule has 0 bridgehead atoms. The predicted octanol–water partition coefficient (Wildman–Crippen LogP) is 20.8. The van der Waals surface area contributed by atoms with E-state index in [-0.39, 0.29) is 0 Å². The molecule has 0 spiro atoms. The number of amides is 1. The molecule has 0 aliphatic carbocycles. The maximum atomic E-state index is 12.7. The molecule has 0 fully saturated rings. The number of rotatable bonds is 64. The third-order valence-corrected chi connectivity index (χ3v) is 16.5. The molecule has 6 heteroatoms. The van der Waals surface area contributed by atoms with Gasteiger partial charge in [0.2, 0.25) is 5.91 Å². The zero-order chi connectivity index (χ0) is 53.7. The van der Waals surface area contributed by atoms with Crippen LogP contribution in [0.3, 0.4) is 0 Å². The molecule has 74 heavy (non-hydrogen) atoms. The fourth-order valence-corrected chi connectivity index (χ4v) is 11.2. The van der Waals surface area contributed by atoms with Crippen LogP contribution in [0.25, 0.3) is 0 Å². The Morgan fingerprint density at radius 1 is 0.324 bits per heavy atom. The van der Waals surface area contributed by atoms with E-state index in [2.05, 4.69) is 31.3 Å². The average molecular weight is 1050 g/mol. The molecule has 6 nitrogen and oxygen atoms in total. The molecule has 0 aromatic carbocycles. The summed E-state index contributed by atoms with van der Waals surface area (Å²) in [5, 5.41) is 44.2. The van der Waals surface area contributed by atoms with Crippen LogP contribution in [0.1, 0.15) is 386 Å². The Kier molecular flexibility index (Phi) is 62.1. The summed E-state index contributed by atoms with van der Waals surface area (Å²) in [5.41, 5.74) is 0. The van der Waals surface area contributed by atoms with Gasteiger partial charge in [-0.3, -0.25) is 4.79 Å². The van der Waals surface area contributed by atoms with E-state index in [0.717, 1.165) is 38.5 Å². The van der Waals surface area contributed by atoms with Crippen LogP contribution in [0, 0.1) is 0 Å². The lowest BCUT2D eigenvalue weighted by molar-refractivity contribution is -0.132. The summed E-state index contributed by atoms with van der Waals surface area (Å²) in [6, 6.07) is -0.984. The van der Waals surface area contributed by atoms with Gasteiger partial charge in [0.1, 0.15) is 12.2 Å². The van der Waals surface area contributed by atoms with E-state index in [4.69, 9.17) is 0 Å². The van der Waals surface area contributed by atoms with Gasteiger partial charge in [0.25, 0.3) is 0 Å². The maximum Gasteiger partial charge on any atom is 0.249 e. The van der Waals surface area contributed by atoms with E-state index in [1.165, 1.54) is 321 Å². The Bertz CT molecular complexity index is 1080. The molecule has 5 N–H and O–H groups in total. The van der Waals surface area contributed by atoms with Crippen molar-refractivity contribution in [1.29, 1.82) is 0 Å². The molecule has 0 aliphatic rings. The van der Waals surface area contributed by atoms with Crippen LogP contribution in [0.5, 0.6) is 0 Å². The fraction of sp³-hybridized carbons (Fsp3) is 0.956. The predicted molar refractivity (Wildman–Crippen MR) is 325 cm³/mol. The van der Waals surface area contributed by atoms with Crippen LogP contribution in [0.2, 0.25) is 0 Å². The molecule has 4 unspecified atom stereocenters. The Morgan fingerprint density at radius 2 is 0.541 bits per heavy atom. The second-order valence-corrected chi connectivity index (χ2v) is 23.9. The lowest BCUT2D eigenvalue weighted by Crippen LogP contribution is -2.53.